The van der Waals surface area contributed by atoms with Gasteiger partial charge in [0.1, 0.15) is 0 Å². The van der Waals surface area contributed by atoms with E-state index in [1.54, 1.807) is 12.1 Å². The van der Waals surface area contributed by atoms with Gasteiger partial charge in [-0.3, -0.25) is 9.59 Å². The zero-order valence-corrected chi connectivity index (χ0v) is 15.2. The zero-order chi connectivity index (χ0) is 18.4. The Morgan fingerprint density at radius 3 is 2.31 bits per heavy atom. The van der Waals surface area contributed by atoms with E-state index in [0.717, 1.165) is 31.2 Å². The van der Waals surface area contributed by atoms with Crippen molar-refractivity contribution in [2.75, 3.05) is 5.32 Å². The second-order valence-electron chi connectivity index (χ2n) is 6.98. The molecule has 2 aromatic rings. The first-order chi connectivity index (χ1) is 12.6. The molecule has 1 fully saturated rings. The number of nitrogens with one attached hydrogen (secondary N) is 2. The second-order valence-corrected chi connectivity index (χ2v) is 6.98. The highest BCUT2D eigenvalue weighted by Crippen LogP contribution is 2.26. The van der Waals surface area contributed by atoms with E-state index in [2.05, 4.69) is 10.6 Å². The van der Waals surface area contributed by atoms with Gasteiger partial charge in [0, 0.05) is 5.92 Å². The van der Waals surface area contributed by atoms with Crippen LogP contribution in [0.2, 0.25) is 0 Å². The van der Waals surface area contributed by atoms with Gasteiger partial charge in [-0.1, -0.05) is 61.7 Å². The number of para-hydroxylation sites is 1. The summed E-state index contributed by atoms with van der Waals surface area (Å²) in [5.74, 6) is -0.0925. The first kappa shape index (κ1) is 18.2. The molecule has 2 N–H and O–H groups in total. The highest BCUT2D eigenvalue weighted by Gasteiger charge is 2.23. The van der Waals surface area contributed by atoms with Crippen LogP contribution in [0.25, 0.3) is 0 Å². The van der Waals surface area contributed by atoms with Gasteiger partial charge in [-0.05, 0) is 37.5 Å². The van der Waals surface area contributed by atoms with Crippen molar-refractivity contribution in [1.82, 2.24) is 5.32 Å². The van der Waals surface area contributed by atoms with E-state index in [9.17, 15) is 9.59 Å². The van der Waals surface area contributed by atoms with Gasteiger partial charge >= 0.3 is 0 Å². The number of hydrogen-bond donors (Lipinski definition) is 2. The molecular formula is C22H26N2O2. The van der Waals surface area contributed by atoms with E-state index in [1.165, 1.54) is 6.42 Å². The Kier molecular flexibility index (Phi) is 6.05. The summed E-state index contributed by atoms with van der Waals surface area (Å²) in [7, 11) is 0. The predicted molar refractivity (Wildman–Crippen MR) is 104 cm³/mol. The summed E-state index contributed by atoms with van der Waals surface area (Å²) < 4.78 is 0. The number of amides is 2. The third-order valence-electron chi connectivity index (χ3n) is 5.05. The Labute approximate surface area is 155 Å². The summed E-state index contributed by atoms with van der Waals surface area (Å²) in [5, 5.41) is 5.99. The van der Waals surface area contributed by atoms with E-state index < -0.39 is 0 Å². The van der Waals surface area contributed by atoms with Crippen LogP contribution in [0.1, 0.15) is 61.0 Å². The maximum Gasteiger partial charge on any atom is 0.253 e. The lowest BCUT2D eigenvalue weighted by atomic mass is 9.88. The van der Waals surface area contributed by atoms with Crippen LogP contribution in [0.5, 0.6) is 0 Å². The van der Waals surface area contributed by atoms with E-state index in [1.807, 2.05) is 49.4 Å². The van der Waals surface area contributed by atoms with Crippen LogP contribution in [0.15, 0.2) is 54.6 Å². The Hall–Kier alpha value is -2.62. The van der Waals surface area contributed by atoms with Crippen molar-refractivity contribution in [1.29, 1.82) is 0 Å². The molecule has 0 bridgehead atoms. The van der Waals surface area contributed by atoms with Crippen molar-refractivity contribution in [2.24, 2.45) is 5.92 Å². The Morgan fingerprint density at radius 2 is 1.58 bits per heavy atom. The maximum atomic E-state index is 12.7. The van der Waals surface area contributed by atoms with Crippen LogP contribution in [-0.4, -0.2) is 11.8 Å². The first-order valence-corrected chi connectivity index (χ1v) is 9.41. The fourth-order valence-corrected chi connectivity index (χ4v) is 3.49. The number of benzene rings is 2. The van der Waals surface area contributed by atoms with Gasteiger partial charge in [-0.2, -0.15) is 0 Å². The van der Waals surface area contributed by atoms with Crippen LogP contribution in [-0.2, 0) is 4.79 Å². The molecule has 1 aliphatic rings. The van der Waals surface area contributed by atoms with E-state index in [0.29, 0.717) is 11.3 Å². The Balaban J connectivity index is 1.69. The van der Waals surface area contributed by atoms with Crippen molar-refractivity contribution in [2.45, 2.75) is 45.1 Å². The van der Waals surface area contributed by atoms with Crippen molar-refractivity contribution >= 4 is 17.5 Å². The molecule has 4 nitrogen and oxygen atoms in total. The minimum absolute atomic E-state index is 0.0288. The normalized spacial score (nSPS) is 15.9. The smallest absolute Gasteiger partial charge is 0.253 e. The molecule has 0 aliphatic heterocycles. The van der Waals surface area contributed by atoms with Gasteiger partial charge in [0.2, 0.25) is 5.91 Å². The molecule has 1 aliphatic carbocycles. The minimum atomic E-state index is -0.180. The molecule has 136 valence electrons. The molecule has 1 saturated carbocycles. The summed E-state index contributed by atoms with van der Waals surface area (Å²) in [6, 6.07) is 16.9. The van der Waals surface area contributed by atoms with Gasteiger partial charge in [-0.15, -0.1) is 0 Å². The lowest BCUT2D eigenvalue weighted by Crippen LogP contribution is -2.29. The molecule has 0 heterocycles. The monoisotopic (exact) mass is 350 g/mol. The van der Waals surface area contributed by atoms with Crippen LogP contribution < -0.4 is 10.6 Å². The molecule has 0 radical (unpaired) electrons. The quantitative estimate of drug-likeness (QED) is 0.821. The molecule has 4 heteroatoms. The predicted octanol–water partition coefficient (Wildman–Crippen LogP) is 4.70. The zero-order valence-electron chi connectivity index (χ0n) is 15.2. The number of carbonyl (C=O) groups is 2. The SMILES string of the molecule is CC(NC(=O)c1ccccc1NC(=O)C1CCCCC1)c1ccccc1. The lowest BCUT2D eigenvalue weighted by molar-refractivity contribution is -0.120. The molecule has 0 spiro atoms. The molecule has 1 atom stereocenters. The van der Waals surface area contributed by atoms with Gasteiger partial charge in [0.25, 0.3) is 5.91 Å². The average molecular weight is 350 g/mol. The van der Waals surface area contributed by atoms with Crippen molar-refractivity contribution in [3.05, 3.63) is 65.7 Å². The number of anilines is 1. The summed E-state index contributed by atoms with van der Waals surface area (Å²) in [6.07, 6.45) is 5.29. The Morgan fingerprint density at radius 1 is 0.923 bits per heavy atom. The molecule has 3 rings (SSSR count). The van der Waals surface area contributed by atoms with Crippen LogP contribution in [0, 0.1) is 5.92 Å². The molecule has 0 aromatic heterocycles. The molecule has 26 heavy (non-hydrogen) atoms. The van der Waals surface area contributed by atoms with Gasteiger partial charge in [0.15, 0.2) is 0 Å². The van der Waals surface area contributed by atoms with Crippen LogP contribution >= 0.6 is 0 Å². The molecule has 1 unspecified atom stereocenters. The summed E-state index contributed by atoms with van der Waals surface area (Å²) in [6.45, 7) is 1.95. The van der Waals surface area contributed by atoms with E-state index >= 15 is 0 Å². The summed E-state index contributed by atoms with van der Waals surface area (Å²) >= 11 is 0. The molecular weight excluding hydrogens is 324 g/mol. The second kappa shape index (κ2) is 8.65. The Bertz CT molecular complexity index is 752. The van der Waals surface area contributed by atoms with Crippen molar-refractivity contribution in [3.63, 3.8) is 0 Å². The maximum absolute atomic E-state index is 12.7. The number of rotatable bonds is 5. The molecule has 2 amide bonds. The highest BCUT2D eigenvalue weighted by atomic mass is 16.2. The summed E-state index contributed by atoms with van der Waals surface area (Å²) in [5.41, 5.74) is 2.13. The summed E-state index contributed by atoms with van der Waals surface area (Å²) in [4.78, 5) is 25.3. The first-order valence-electron chi connectivity index (χ1n) is 9.41. The van der Waals surface area contributed by atoms with Gasteiger partial charge in [0.05, 0.1) is 17.3 Å². The largest absolute Gasteiger partial charge is 0.345 e. The average Bonchev–Trinajstić information content (AvgIpc) is 2.69. The fourth-order valence-electron chi connectivity index (χ4n) is 3.49. The van der Waals surface area contributed by atoms with Crippen molar-refractivity contribution in [3.8, 4) is 0 Å². The van der Waals surface area contributed by atoms with Gasteiger partial charge < -0.3 is 10.6 Å². The lowest BCUT2D eigenvalue weighted by Gasteiger charge is -2.22. The third kappa shape index (κ3) is 4.51. The molecule has 0 saturated heterocycles. The number of hydrogen-bond acceptors (Lipinski definition) is 2. The fraction of sp³-hybridized carbons (Fsp3) is 0.364. The topological polar surface area (TPSA) is 58.2 Å². The molecule has 2 aromatic carbocycles. The minimum Gasteiger partial charge on any atom is -0.345 e. The van der Waals surface area contributed by atoms with E-state index in [4.69, 9.17) is 0 Å². The standard InChI is InChI=1S/C22H26N2O2/c1-16(17-10-4-2-5-11-17)23-22(26)19-14-8-9-15-20(19)24-21(25)18-12-6-3-7-13-18/h2,4-5,8-11,14-16,18H,3,6-7,12-13H2,1H3,(H,23,26)(H,24,25). The van der Waals surface area contributed by atoms with Crippen LogP contribution in [0.3, 0.4) is 0 Å². The highest BCUT2D eigenvalue weighted by molar-refractivity contribution is 6.04. The number of carbonyl (C=O) groups excluding carboxylic acids is 2. The van der Waals surface area contributed by atoms with Crippen molar-refractivity contribution < 1.29 is 9.59 Å². The van der Waals surface area contributed by atoms with Crippen LogP contribution in [0.4, 0.5) is 5.69 Å². The third-order valence-corrected chi connectivity index (χ3v) is 5.05. The van der Waals surface area contributed by atoms with E-state index in [-0.39, 0.29) is 23.8 Å². The van der Waals surface area contributed by atoms with Gasteiger partial charge in [-0.25, -0.2) is 0 Å².